The van der Waals surface area contributed by atoms with Gasteiger partial charge in [0.25, 0.3) is 0 Å². The molecular formula is C12H11N3O4. The number of ether oxygens (including phenoxy) is 1. The number of benzene rings is 1. The van der Waals surface area contributed by atoms with Crippen LogP contribution in [0.2, 0.25) is 0 Å². The van der Waals surface area contributed by atoms with Gasteiger partial charge >= 0.3 is 11.8 Å². The van der Waals surface area contributed by atoms with E-state index in [4.69, 9.17) is 9.15 Å². The first-order valence-electron chi connectivity index (χ1n) is 5.80. The molecule has 98 valence electrons. The Hall–Kier alpha value is -2.57. The molecular weight excluding hydrogens is 250 g/mol. The standard InChI is InChI=1S/C12H11N3O4/c16-11-14-13-10(19-11)6-9-7-15(12(17)18-9)8-4-2-1-3-5-8/h1-5,9H,6-7H2,(H,14,16). The summed E-state index contributed by atoms with van der Waals surface area (Å²) in [6.45, 7) is 0.402. The summed E-state index contributed by atoms with van der Waals surface area (Å²) < 4.78 is 10.0. The monoisotopic (exact) mass is 261 g/mol. The van der Waals surface area contributed by atoms with E-state index in [2.05, 4.69) is 10.2 Å². The van der Waals surface area contributed by atoms with Crippen molar-refractivity contribution in [3.05, 3.63) is 46.8 Å². The predicted octanol–water partition coefficient (Wildman–Crippen LogP) is 0.931. The highest BCUT2D eigenvalue weighted by Crippen LogP contribution is 2.22. The Morgan fingerprint density at radius 3 is 2.79 bits per heavy atom. The van der Waals surface area contributed by atoms with E-state index in [1.54, 1.807) is 0 Å². The van der Waals surface area contributed by atoms with Gasteiger partial charge in [0.15, 0.2) is 0 Å². The zero-order valence-corrected chi connectivity index (χ0v) is 9.91. The Kier molecular flexibility index (Phi) is 2.79. The maximum atomic E-state index is 11.8. The number of rotatable bonds is 3. The molecule has 1 saturated heterocycles. The van der Waals surface area contributed by atoms with E-state index >= 15 is 0 Å². The van der Waals surface area contributed by atoms with Gasteiger partial charge in [-0.1, -0.05) is 18.2 Å². The maximum Gasteiger partial charge on any atom is 0.434 e. The lowest BCUT2D eigenvalue weighted by Crippen LogP contribution is -2.24. The molecule has 7 heteroatoms. The average Bonchev–Trinajstić information content (AvgIpc) is 2.97. The molecule has 0 aliphatic carbocycles. The SMILES string of the molecule is O=C1OC(Cc2n[nH]c(=O)o2)CN1c1ccccc1. The first-order valence-corrected chi connectivity index (χ1v) is 5.80. The zero-order chi connectivity index (χ0) is 13.2. The smallest absolute Gasteiger partial charge is 0.434 e. The lowest BCUT2D eigenvalue weighted by molar-refractivity contribution is 0.137. The quantitative estimate of drug-likeness (QED) is 0.887. The van der Waals surface area contributed by atoms with E-state index in [1.807, 2.05) is 30.3 Å². The van der Waals surface area contributed by atoms with Crippen LogP contribution >= 0.6 is 0 Å². The summed E-state index contributed by atoms with van der Waals surface area (Å²) in [5, 5.41) is 5.86. The van der Waals surface area contributed by atoms with Crippen LogP contribution in [-0.4, -0.2) is 28.9 Å². The minimum atomic E-state index is -0.612. The topological polar surface area (TPSA) is 88.4 Å². The molecule has 3 rings (SSSR count). The second-order valence-corrected chi connectivity index (χ2v) is 4.16. The number of carbonyl (C=O) groups excluding carboxylic acids is 1. The summed E-state index contributed by atoms with van der Waals surface area (Å²) in [5.41, 5.74) is 0.776. The number of aromatic amines is 1. The van der Waals surface area contributed by atoms with E-state index < -0.39 is 11.8 Å². The molecule has 2 heterocycles. The van der Waals surface area contributed by atoms with Crippen molar-refractivity contribution in [2.75, 3.05) is 11.4 Å². The molecule has 1 aliphatic rings. The van der Waals surface area contributed by atoms with Crippen LogP contribution < -0.4 is 10.7 Å². The van der Waals surface area contributed by atoms with Gasteiger partial charge in [-0.05, 0) is 12.1 Å². The molecule has 0 saturated carbocycles. The fourth-order valence-corrected chi connectivity index (χ4v) is 1.99. The average molecular weight is 261 g/mol. The van der Waals surface area contributed by atoms with Crippen molar-refractivity contribution >= 4 is 11.8 Å². The molecule has 19 heavy (non-hydrogen) atoms. The first-order chi connectivity index (χ1) is 9.22. The van der Waals surface area contributed by atoms with Gasteiger partial charge in [0, 0.05) is 5.69 Å². The number of hydrogen-bond acceptors (Lipinski definition) is 5. The zero-order valence-electron chi connectivity index (χ0n) is 9.91. The Labute approximate surface area is 107 Å². The highest BCUT2D eigenvalue weighted by atomic mass is 16.6. The summed E-state index contributed by atoms with van der Waals surface area (Å²) in [5.74, 6) is -0.378. The number of anilines is 1. The van der Waals surface area contributed by atoms with Gasteiger partial charge in [-0.3, -0.25) is 4.90 Å². The molecule has 7 nitrogen and oxygen atoms in total. The summed E-state index contributed by atoms with van der Waals surface area (Å²) in [7, 11) is 0. The van der Waals surface area contributed by atoms with Crippen molar-refractivity contribution in [2.24, 2.45) is 0 Å². The molecule has 0 spiro atoms. The molecule has 1 atom stereocenters. The number of hydrogen-bond donors (Lipinski definition) is 1. The number of cyclic esters (lactones) is 1. The highest BCUT2D eigenvalue weighted by Gasteiger charge is 2.33. The number of H-pyrrole nitrogens is 1. The summed E-state index contributed by atoms with van der Waals surface area (Å²) in [4.78, 5) is 24.1. The minimum absolute atomic E-state index is 0.234. The van der Waals surface area contributed by atoms with Gasteiger partial charge in [-0.15, -0.1) is 5.10 Å². The second kappa shape index (κ2) is 4.60. The molecule has 1 amide bonds. The van der Waals surface area contributed by atoms with Gasteiger partial charge < -0.3 is 9.15 Å². The van der Waals surface area contributed by atoms with Crippen LogP contribution in [-0.2, 0) is 11.2 Å². The summed E-state index contributed by atoms with van der Waals surface area (Å²) >= 11 is 0. The Morgan fingerprint density at radius 2 is 2.11 bits per heavy atom. The number of carbonyl (C=O) groups is 1. The normalized spacial score (nSPS) is 18.6. The van der Waals surface area contributed by atoms with Gasteiger partial charge in [0.05, 0.1) is 13.0 Å². The van der Waals surface area contributed by atoms with Crippen LogP contribution in [0.4, 0.5) is 10.5 Å². The van der Waals surface area contributed by atoms with Crippen molar-refractivity contribution in [3.63, 3.8) is 0 Å². The van der Waals surface area contributed by atoms with Gasteiger partial charge in [-0.25, -0.2) is 14.7 Å². The van der Waals surface area contributed by atoms with Gasteiger partial charge in [-0.2, -0.15) is 0 Å². The van der Waals surface area contributed by atoms with E-state index in [1.165, 1.54) is 4.90 Å². The van der Waals surface area contributed by atoms with Crippen LogP contribution in [0.25, 0.3) is 0 Å². The van der Waals surface area contributed by atoms with Crippen molar-refractivity contribution < 1.29 is 13.9 Å². The molecule has 1 aliphatic heterocycles. The molecule has 1 N–H and O–H groups in total. The predicted molar refractivity (Wildman–Crippen MR) is 64.9 cm³/mol. The van der Waals surface area contributed by atoms with Gasteiger partial charge in [0.1, 0.15) is 6.10 Å². The molecule has 1 unspecified atom stereocenters. The summed E-state index contributed by atoms with van der Waals surface area (Å²) in [6, 6.07) is 9.24. The van der Waals surface area contributed by atoms with Crippen molar-refractivity contribution in [3.8, 4) is 0 Å². The fourth-order valence-electron chi connectivity index (χ4n) is 1.99. The number of aromatic nitrogens is 2. The van der Waals surface area contributed by atoms with Crippen LogP contribution in [0, 0.1) is 0 Å². The maximum absolute atomic E-state index is 11.8. The molecule has 1 fully saturated rings. The molecule has 1 aromatic carbocycles. The second-order valence-electron chi connectivity index (χ2n) is 4.16. The van der Waals surface area contributed by atoms with Gasteiger partial charge in [0.2, 0.25) is 5.89 Å². The van der Waals surface area contributed by atoms with Crippen molar-refractivity contribution in [2.45, 2.75) is 12.5 Å². The third kappa shape index (κ3) is 2.35. The lowest BCUT2D eigenvalue weighted by Gasteiger charge is -2.11. The third-order valence-corrected chi connectivity index (χ3v) is 2.83. The van der Waals surface area contributed by atoms with Crippen molar-refractivity contribution in [1.29, 1.82) is 0 Å². The molecule has 2 aromatic rings. The number of amides is 1. The largest absolute Gasteiger partial charge is 0.443 e. The molecule has 0 radical (unpaired) electrons. The minimum Gasteiger partial charge on any atom is -0.443 e. The Balaban J connectivity index is 1.72. The summed E-state index contributed by atoms with van der Waals surface area (Å²) in [6.07, 6.45) is -0.512. The van der Waals surface area contributed by atoms with E-state index in [9.17, 15) is 9.59 Å². The third-order valence-electron chi connectivity index (χ3n) is 2.83. The Morgan fingerprint density at radius 1 is 1.32 bits per heavy atom. The fraction of sp³-hybridized carbons (Fsp3) is 0.250. The molecule has 0 bridgehead atoms. The Bertz CT molecular complexity index is 634. The number of nitrogens with one attached hydrogen (secondary N) is 1. The van der Waals surface area contributed by atoms with Crippen LogP contribution in [0.15, 0.2) is 39.5 Å². The van der Waals surface area contributed by atoms with Crippen LogP contribution in [0.5, 0.6) is 0 Å². The van der Waals surface area contributed by atoms with Crippen LogP contribution in [0.1, 0.15) is 5.89 Å². The van der Waals surface area contributed by atoms with Crippen molar-refractivity contribution in [1.82, 2.24) is 10.2 Å². The lowest BCUT2D eigenvalue weighted by atomic mass is 10.2. The molecule has 1 aromatic heterocycles. The van der Waals surface area contributed by atoms with Crippen LogP contribution in [0.3, 0.4) is 0 Å². The van der Waals surface area contributed by atoms with E-state index in [0.717, 1.165) is 5.69 Å². The number of nitrogens with zero attached hydrogens (tertiary/aromatic N) is 2. The first kappa shape index (κ1) is 11.5. The van der Waals surface area contributed by atoms with E-state index in [-0.39, 0.29) is 18.4 Å². The van der Waals surface area contributed by atoms with E-state index in [0.29, 0.717) is 6.54 Å². The highest BCUT2D eigenvalue weighted by molar-refractivity contribution is 5.89. The number of para-hydroxylation sites is 1.